The van der Waals surface area contributed by atoms with Crippen LogP contribution in [0, 0.1) is 12.3 Å². The molecule has 0 heterocycles. The van der Waals surface area contributed by atoms with Gasteiger partial charge in [0.2, 0.25) is 0 Å². The third kappa shape index (κ3) is 5.34. The number of nitrogens with one attached hydrogen (secondary N) is 2. The Hall–Kier alpha value is -2.23. The van der Waals surface area contributed by atoms with Crippen molar-refractivity contribution in [2.24, 2.45) is 0 Å². The second kappa shape index (κ2) is 8.84. The van der Waals surface area contributed by atoms with Crippen LogP contribution in [0.3, 0.4) is 0 Å². The predicted molar refractivity (Wildman–Crippen MR) is 80.5 cm³/mol. The molecule has 1 rings (SSSR count). The van der Waals surface area contributed by atoms with Crippen LogP contribution in [-0.4, -0.2) is 51.0 Å². The highest BCUT2D eigenvalue weighted by molar-refractivity contribution is 5.95. The zero-order chi connectivity index (χ0) is 15.7. The van der Waals surface area contributed by atoms with E-state index in [1.54, 1.807) is 18.2 Å². The normalized spacial score (nSPS) is 11.3. The first-order valence-electron chi connectivity index (χ1n) is 6.43. The van der Waals surface area contributed by atoms with E-state index < -0.39 is 6.10 Å². The second-order valence-electron chi connectivity index (χ2n) is 4.29. The molecule has 0 aliphatic carbocycles. The quantitative estimate of drug-likeness (QED) is 0.607. The molecule has 0 radical (unpaired) electrons. The van der Waals surface area contributed by atoms with E-state index >= 15 is 0 Å². The zero-order valence-electron chi connectivity index (χ0n) is 12.2. The van der Waals surface area contributed by atoms with Crippen LogP contribution in [0.1, 0.15) is 10.4 Å². The average molecular weight is 292 g/mol. The Kier molecular flexibility index (Phi) is 7.09. The number of hydrogen-bond donors (Lipinski definition) is 3. The molecule has 0 saturated carbocycles. The monoisotopic (exact) mass is 292 g/mol. The first-order chi connectivity index (χ1) is 10.1. The Labute approximate surface area is 124 Å². The molecule has 6 heteroatoms. The van der Waals surface area contributed by atoms with Crippen LogP contribution in [0.2, 0.25) is 0 Å². The van der Waals surface area contributed by atoms with Crippen molar-refractivity contribution < 1.29 is 19.4 Å². The molecule has 0 fully saturated rings. The first kappa shape index (κ1) is 16.8. The Morgan fingerprint density at radius 2 is 2.24 bits per heavy atom. The van der Waals surface area contributed by atoms with Gasteiger partial charge in [-0.25, -0.2) is 0 Å². The van der Waals surface area contributed by atoms with Gasteiger partial charge in [0.15, 0.2) is 0 Å². The summed E-state index contributed by atoms with van der Waals surface area (Å²) in [5.41, 5.74) is 1.15. The van der Waals surface area contributed by atoms with Gasteiger partial charge in [0.25, 0.3) is 5.91 Å². The number of aliphatic hydroxyl groups is 1. The maximum absolute atomic E-state index is 12.0. The summed E-state index contributed by atoms with van der Waals surface area (Å²) < 4.78 is 10.0. The van der Waals surface area contributed by atoms with Crippen molar-refractivity contribution in [3.63, 3.8) is 0 Å². The smallest absolute Gasteiger partial charge is 0.251 e. The summed E-state index contributed by atoms with van der Waals surface area (Å²) in [6.07, 6.45) is 4.45. The van der Waals surface area contributed by atoms with Crippen molar-refractivity contribution in [3.8, 4) is 18.1 Å². The number of ether oxygens (including phenoxy) is 2. The van der Waals surface area contributed by atoms with Gasteiger partial charge in [-0.15, -0.1) is 6.42 Å². The summed E-state index contributed by atoms with van der Waals surface area (Å²) in [5, 5.41) is 15.1. The summed E-state index contributed by atoms with van der Waals surface area (Å²) in [7, 11) is 3.00. The minimum Gasteiger partial charge on any atom is -0.495 e. The number of aliphatic hydroxyl groups excluding tert-OH is 1. The van der Waals surface area contributed by atoms with Crippen molar-refractivity contribution in [1.82, 2.24) is 5.32 Å². The molecule has 114 valence electrons. The molecule has 1 amide bonds. The lowest BCUT2D eigenvalue weighted by Gasteiger charge is -2.13. The number of terminal acetylenes is 1. The van der Waals surface area contributed by atoms with Crippen molar-refractivity contribution in [2.45, 2.75) is 6.10 Å². The maximum Gasteiger partial charge on any atom is 0.251 e. The standard InChI is InChI=1S/C15H20N2O4/c1-4-7-16-13-6-5-11(8-14(13)21-3)15(19)17-9-12(18)10-20-2/h1,5-6,8,12,16,18H,7,9-10H2,2-3H3,(H,17,19). The molecule has 1 atom stereocenters. The molecule has 0 saturated heterocycles. The molecule has 1 aromatic rings. The number of benzene rings is 1. The summed E-state index contributed by atoms with van der Waals surface area (Å²) in [6, 6.07) is 4.98. The van der Waals surface area contributed by atoms with E-state index in [9.17, 15) is 9.90 Å². The molecule has 1 aromatic carbocycles. The highest BCUT2D eigenvalue weighted by atomic mass is 16.5. The largest absolute Gasteiger partial charge is 0.495 e. The molecule has 6 nitrogen and oxygen atoms in total. The fourth-order valence-corrected chi connectivity index (χ4v) is 1.69. The van der Waals surface area contributed by atoms with E-state index in [0.29, 0.717) is 23.5 Å². The SMILES string of the molecule is C#CCNc1ccc(C(=O)NCC(O)COC)cc1OC. The van der Waals surface area contributed by atoms with Gasteiger partial charge in [0, 0.05) is 19.2 Å². The maximum atomic E-state index is 12.0. The number of hydrogen-bond acceptors (Lipinski definition) is 5. The van der Waals surface area contributed by atoms with E-state index in [1.165, 1.54) is 14.2 Å². The van der Waals surface area contributed by atoms with E-state index in [0.717, 1.165) is 0 Å². The number of amides is 1. The van der Waals surface area contributed by atoms with Gasteiger partial charge in [-0.2, -0.15) is 0 Å². The summed E-state index contributed by atoms with van der Waals surface area (Å²) >= 11 is 0. The van der Waals surface area contributed by atoms with E-state index in [4.69, 9.17) is 15.9 Å². The average Bonchev–Trinajstić information content (AvgIpc) is 2.50. The van der Waals surface area contributed by atoms with E-state index in [2.05, 4.69) is 16.6 Å². The summed E-state index contributed by atoms with van der Waals surface area (Å²) in [4.78, 5) is 12.0. The number of methoxy groups -OCH3 is 2. The molecule has 0 aliphatic heterocycles. The molecule has 0 spiro atoms. The van der Waals surface area contributed by atoms with Gasteiger partial charge < -0.3 is 25.2 Å². The zero-order valence-corrected chi connectivity index (χ0v) is 12.2. The number of rotatable bonds is 8. The third-order valence-electron chi connectivity index (χ3n) is 2.70. The van der Waals surface area contributed by atoms with Gasteiger partial charge in [-0.1, -0.05) is 5.92 Å². The van der Waals surface area contributed by atoms with Crippen molar-refractivity contribution in [3.05, 3.63) is 23.8 Å². The second-order valence-corrected chi connectivity index (χ2v) is 4.29. The number of carbonyl (C=O) groups excluding carboxylic acids is 1. The third-order valence-corrected chi connectivity index (χ3v) is 2.70. The fraction of sp³-hybridized carbons (Fsp3) is 0.400. The number of carbonyl (C=O) groups is 1. The Morgan fingerprint density at radius 3 is 2.86 bits per heavy atom. The van der Waals surface area contributed by atoms with E-state index in [-0.39, 0.29) is 19.1 Å². The molecule has 0 aliphatic rings. The Balaban J connectivity index is 2.70. The van der Waals surface area contributed by atoms with E-state index in [1.807, 2.05) is 0 Å². The van der Waals surface area contributed by atoms with Crippen LogP contribution in [0.4, 0.5) is 5.69 Å². The lowest BCUT2D eigenvalue weighted by molar-refractivity contribution is 0.0610. The summed E-state index contributed by atoms with van der Waals surface area (Å²) in [5.74, 6) is 2.69. The van der Waals surface area contributed by atoms with Crippen LogP contribution in [0.25, 0.3) is 0 Å². The molecule has 3 N–H and O–H groups in total. The van der Waals surface area contributed by atoms with Gasteiger partial charge >= 0.3 is 0 Å². The minimum atomic E-state index is -0.739. The topological polar surface area (TPSA) is 79.8 Å². The molecular weight excluding hydrogens is 272 g/mol. The Bertz CT molecular complexity index is 511. The highest BCUT2D eigenvalue weighted by Gasteiger charge is 2.11. The first-order valence-corrected chi connectivity index (χ1v) is 6.43. The molecule has 1 unspecified atom stereocenters. The molecular formula is C15H20N2O4. The molecule has 0 aromatic heterocycles. The van der Waals surface area contributed by atoms with Crippen molar-refractivity contribution in [1.29, 1.82) is 0 Å². The molecule has 21 heavy (non-hydrogen) atoms. The number of anilines is 1. The van der Waals surface area contributed by atoms with Gasteiger partial charge in [-0.3, -0.25) is 4.79 Å². The predicted octanol–water partition coefficient (Wildman–Crippen LogP) is 0.477. The minimum absolute atomic E-state index is 0.117. The van der Waals surface area contributed by atoms with Crippen LogP contribution in [0.5, 0.6) is 5.75 Å². The van der Waals surface area contributed by atoms with Gasteiger partial charge in [0.1, 0.15) is 5.75 Å². The van der Waals surface area contributed by atoms with Gasteiger partial charge in [0.05, 0.1) is 32.1 Å². The molecule has 0 bridgehead atoms. The lowest BCUT2D eigenvalue weighted by atomic mass is 10.1. The highest BCUT2D eigenvalue weighted by Crippen LogP contribution is 2.25. The van der Waals surface area contributed by atoms with Crippen LogP contribution in [-0.2, 0) is 4.74 Å². The van der Waals surface area contributed by atoms with Gasteiger partial charge in [-0.05, 0) is 18.2 Å². The van der Waals surface area contributed by atoms with Crippen molar-refractivity contribution >= 4 is 11.6 Å². The Morgan fingerprint density at radius 1 is 1.48 bits per heavy atom. The van der Waals surface area contributed by atoms with Crippen LogP contribution in [0.15, 0.2) is 18.2 Å². The summed E-state index contributed by atoms with van der Waals surface area (Å²) in [6.45, 7) is 0.649. The van der Waals surface area contributed by atoms with Crippen molar-refractivity contribution in [2.75, 3.05) is 39.2 Å². The lowest BCUT2D eigenvalue weighted by Crippen LogP contribution is -2.34. The van der Waals surface area contributed by atoms with Crippen LogP contribution >= 0.6 is 0 Å². The van der Waals surface area contributed by atoms with Crippen LogP contribution < -0.4 is 15.4 Å². The fourth-order valence-electron chi connectivity index (χ4n) is 1.69.